The molecule has 0 saturated carbocycles. The second-order valence-electron chi connectivity index (χ2n) is 7.51. The lowest BCUT2D eigenvalue weighted by Crippen LogP contribution is -2.49. The molecule has 2 aromatic carbocycles. The van der Waals surface area contributed by atoms with Gasteiger partial charge in [0, 0.05) is 62.4 Å². The quantitative estimate of drug-likeness (QED) is 0.669. The third kappa shape index (κ3) is 3.85. The molecule has 2 heterocycles. The third-order valence-electron chi connectivity index (χ3n) is 5.58. The molecule has 9 heteroatoms. The lowest BCUT2D eigenvalue weighted by atomic mass is 10.1. The molecule has 1 atom stereocenters. The fourth-order valence-electron chi connectivity index (χ4n) is 3.92. The average Bonchev–Trinajstić information content (AvgIpc) is 3.07. The molecule has 0 bridgehead atoms. The molecule has 1 N–H and O–H groups in total. The standard InChI is InChI=1S/C21H23F2N3O3S/c1-24-13-17(16-4-2-3-5-20(16)24)21(27)14-25-8-10-26(11-9-25)30(28,29)15-6-7-18(22)19(23)12-15/h2-7,12-13,21,27H,8-11,14H2,1H3/t21-/m0/s1. The molecule has 30 heavy (non-hydrogen) atoms. The molecule has 0 radical (unpaired) electrons. The number of benzene rings is 2. The second kappa shape index (κ2) is 8.07. The van der Waals surface area contributed by atoms with Gasteiger partial charge in [-0.25, -0.2) is 17.2 Å². The van der Waals surface area contributed by atoms with Gasteiger partial charge in [0.05, 0.1) is 11.0 Å². The van der Waals surface area contributed by atoms with Gasteiger partial charge in [0.15, 0.2) is 11.6 Å². The van der Waals surface area contributed by atoms with E-state index in [9.17, 15) is 22.3 Å². The number of fused-ring (bicyclic) bond motifs is 1. The van der Waals surface area contributed by atoms with Crippen LogP contribution in [0.25, 0.3) is 10.9 Å². The van der Waals surface area contributed by atoms with Crippen molar-refractivity contribution in [3.63, 3.8) is 0 Å². The first-order valence-corrected chi connectivity index (χ1v) is 11.1. The summed E-state index contributed by atoms with van der Waals surface area (Å²) >= 11 is 0. The van der Waals surface area contributed by atoms with E-state index in [-0.39, 0.29) is 18.0 Å². The number of nitrogens with zero attached hydrogens (tertiary/aromatic N) is 3. The first-order chi connectivity index (χ1) is 14.3. The minimum atomic E-state index is -3.90. The summed E-state index contributed by atoms with van der Waals surface area (Å²) in [6, 6.07) is 10.4. The zero-order chi connectivity index (χ0) is 21.5. The molecular weight excluding hydrogens is 412 g/mol. The van der Waals surface area contributed by atoms with Crippen LogP contribution in [-0.2, 0) is 17.1 Å². The number of piperazine rings is 1. The van der Waals surface area contributed by atoms with Crippen LogP contribution in [0.3, 0.4) is 0 Å². The molecule has 0 unspecified atom stereocenters. The van der Waals surface area contributed by atoms with Gasteiger partial charge in [0.2, 0.25) is 10.0 Å². The van der Waals surface area contributed by atoms with Crippen LogP contribution in [0.15, 0.2) is 53.6 Å². The van der Waals surface area contributed by atoms with E-state index in [0.717, 1.165) is 28.6 Å². The van der Waals surface area contributed by atoms with Crippen molar-refractivity contribution in [3.8, 4) is 0 Å². The van der Waals surface area contributed by atoms with Crippen molar-refractivity contribution in [2.75, 3.05) is 32.7 Å². The van der Waals surface area contributed by atoms with Crippen LogP contribution in [0.5, 0.6) is 0 Å². The summed E-state index contributed by atoms with van der Waals surface area (Å²) in [5.74, 6) is -2.27. The Labute approximate surface area is 174 Å². The maximum atomic E-state index is 13.5. The monoisotopic (exact) mass is 435 g/mol. The van der Waals surface area contributed by atoms with E-state index in [1.807, 2.05) is 47.0 Å². The van der Waals surface area contributed by atoms with E-state index in [2.05, 4.69) is 0 Å². The SMILES string of the molecule is Cn1cc([C@@H](O)CN2CCN(S(=O)(=O)c3ccc(F)c(F)c3)CC2)c2ccccc21. The highest BCUT2D eigenvalue weighted by Crippen LogP contribution is 2.27. The predicted octanol–water partition coefficient (Wildman–Crippen LogP) is 2.50. The van der Waals surface area contributed by atoms with Crippen LogP contribution in [0, 0.1) is 11.6 Å². The molecule has 1 aliphatic heterocycles. The summed E-state index contributed by atoms with van der Waals surface area (Å²) in [5.41, 5.74) is 1.87. The molecule has 1 saturated heterocycles. The highest BCUT2D eigenvalue weighted by molar-refractivity contribution is 7.89. The van der Waals surface area contributed by atoms with E-state index in [1.165, 1.54) is 4.31 Å². The number of aliphatic hydroxyl groups excluding tert-OH is 1. The maximum Gasteiger partial charge on any atom is 0.243 e. The van der Waals surface area contributed by atoms with Crippen molar-refractivity contribution in [1.29, 1.82) is 0 Å². The normalized spacial score (nSPS) is 17.5. The van der Waals surface area contributed by atoms with Crippen molar-refractivity contribution in [2.45, 2.75) is 11.0 Å². The third-order valence-corrected chi connectivity index (χ3v) is 7.47. The molecule has 160 valence electrons. The topological polar surface area (TPSA) is 65.8 Å². The number of aromatic nitrogens is 1. The van der Waals surface area contributed by atoms with E-state index in [4.69, 9.17) is 0 Å². The lowest BCUT2D eigenvalue weighted by Gasteiger charge is -2.34. The van der Waals surface area contributed by atoms with Gasteiger partial charge < -0.3 is 9.67 Å². The second-order valence-corrected chi connectivity index (χ2v) is 9.45. The largest absolute Gasteiger partial charge is 0.387 e. The smallest absolute Gasteiger partial charge is 0.243 e. The number of para-hydroxylation sites is 1. The summed E-state index contributed by atoms with van der Waals surface area (Å²) in [4.78, 5) is 1.75. The molecule has 0 aliphatic carbocycles. The number of aryl methyl sites for hydroxylation is 1. The van der Waals surface area contributed by atoms with Crippen LogP contribution in [-0.4, -0.2) is 60.0 Å². The van der Waals surface area contributed by atoms with E-state index in [1.54, 1.807) is 0 Å². The molecule has 4 rings (SSSR count). The summed E-state index contributed by atoms with van der Waals surface area (Å²) in [6.45, 7) is 1.68. The highest BCUT2D eigenvalue weighted by atomic mass is 32.2. The Kier molecular flexibility index (Phi) is 5.63. The van der Waals surface area contributed by atoms with E-state index in [0.29, 0.717) is 25.7 Å². The summed E-state index contributed by atoms with van der Waals surface area (Å²) in [5, 5.41) is 11.8. The number of β-amino-alcohol motifs (C(OH)–C–C–N with tert-alkyl or cyclic N) is 1. The zero-order valence-electron chi connectivity index (χ0n) is 16.5. The molecule has 1 fully saturated rings. The number of rotatable bonds is 5. The number of hydrogen-bond donors (Lipinski definition) is 1. The van der Waals surface area contributed by atoms with Crippen molar-refractivity contribution in [1.82, 2.24) is 13.8 Å². The molecular formula is C21H23F2N3O3S. The molecule has 3 aromatic rings. The Morgan fingerprint density at radius 2 is 1.73 bits per heavy atom. The minimum Gasteiger partial charge on any atom is -0.387 e. The number of halogens is 2. The van der Waals surface area contributed by atoms with Gasteiger partial charge in [-0.05, 0) is 24.3 Å². The Morgan fingerprint density at radius 3 is 2.43 bits per heavy atom. The summed E-state index contributed by atoms with van der Waals surface area (Å²) in [7, 11) is -1.97. The molecule has 1 aromatic heterocycles. The van der Waals surface area contributed by atoms with Crippen LogP contribution in [0.4, 0.5) is 8.78 Å². The fourth-order valence-corrected chi connectivity index (χ4v) is 5.35. The van der Waals surface area contributed by atoms with Gasteiger partial charge >= 0.3 is 0 Å². The Balaban J connectivity index is 1.42. The number of aliphatic hydroxyl groups is 1. The Hall–Kier alpha value is -2.33. The van der Waals surface area contributed by atoms with Gasteiger partial charge in [-0.1, -0.05) is 18.2 Å². The molecule has 6 nitrogen and oxygen atoms in total. The number of sulfonamides is 1. The Morgan fingerprint density at radius 1 is 1.03 bits per heavy atom. The van der Waals surface area contributed by atoms with Gasteiger partial charge in [0.1, 0.15) is 0 Å². The first-order valence-electron chi connectivity index (χ1n) is 9.67. The van der Waals surface area contributed by atoms with Crippen LogP contribution in [0.2, 0.25) is 0 Å². The van der Waals surface area contributed by atoms with Crippen molar-refractivity contribution >= 4 is 20.9 Å². The van der Waals surface area contributed by atoms with Gasteiger partial charge in [-0.3, -0.25) is 4.90 Å². The van der Waals surface area contributed by atoms with Crippen molar-refractivity contribution in [3.05, 3.63) is 65.9 Å². The van der Waals surface area contributed by atoms with Crippen molar-refractivity contribution < 1.29 is 22.3 Å². The Bertz CT molecular complexity index is 1170. The van der Waals surface area contributed by atoms with Gasteiger partial charge in [0.25, 0.3) is 0 Å². The maximum absolute atomic E-state index is 13.5. The van der Waals surface area contributed by atoms with Gasteiger partial charge in [-0.2, -0.15) is 4.31 Å². The average molecular weight is 435 g/mol. The highest BCUT2D eigenvalue weighted by Gasteiger charge is 2.30. The van der Waals surface area contributed by atoms with E-state index < -0.39 is 27.8 Å². The minimum absolute atomic E-state index is 0.212. The van der Waals surface area contributed by atoms with Crippen LogP contribution >= 0.6 is 0 Å². The lowest BCUT2D eigenvalue weighted by molar-refractivity contribution is 0.0929. The number of hydrogen-bond acceptors (Lipinski definition) is 4. The van der Waals surface area contributed by atoms with Gasteiger partial charge in [-0.15, -0.1) is 0 Å². The molecule has 0 spiro atoms. The first kappa shape index (κ1) is 20.9. The summed E-state index contributed by atoms with van der Waals surface area (Å²) < 4.78 is 55.3. The van der Waals surface area contributed by atoms with Crippen molar-refractivity contribution in [2.24, 2.45) is 7.05 Å². The predicted molar refractivity (Wildman–Crippen MR) is 109 cm³/mol. The molecule has 1 aliphatic rings. The van der Waals surface area contributed by atoms with Crippen LogP contribution in [0.1, 0.15) is 11.7 Å². The zero-order valence-corrected chi connectivity index (χ0v) is 17.3. The fraction of sp³-hybridized carbons (Fsp3) is 0.333. The van der Waals surface area contributed by atoms with E-state index >= 15 is 0 Å². The summed E-state index contributed by atoms with van der Waals surface area (Å²) in [6.07, 6.45) is 1.21. The molecule has 0 amide bonds. The van der Waals surface area contributed by atoms with Crippen LogP contribution < -0.4 is 0 Å².